The molecular weight excluding hydrogens is 304 g/mol. The number of nitrogens with zero attached hydrogens (tertiary/aromatic N) is 1. The van der Waals surface area contributed by atoms with Crippen LogP contribution in [0, 0.1) is 19.3 Å². The Morgan fingerprint density at radius 1 is 1.24 bits per heavy atom. The maximum Gasteiger partial charge on any atom is 0.276 e. The van der Waals surface area contributed by atoms with Crippen LogP contribution in [-0.4, -0.2) is 16.7 Å². The number of carbonyl (C=O) groups is 2. The summed E-state index contributed by atoms with van der Waals surface area (Å²) >= 11 is 2.84. The predicted molar refractivity (Wildman–Crippen MR) is 87.6 cm³/mol. The first-order valence-electron chi connectivity index (χ1n) is 6.58. The molecule has 1 amide bonds. The van der Waals surface area contributed by atoms with E-state index >= 15 is 0 Å². The Kier molecular flexibility index (Phi) is 4.30. The summed E-state index contributed by atoms with van der Waals surface area (Å²) in [6.07, 6.45) is 0. The Bertz CT molecular complexity index is 693. The number of carbonyl (C=O) groups excluding carboxylic acids is 2. The van der Waals surface area contributed by atoms with E-state index in [1.807, 2.05) is 40.0 Å². The molecule has 0 fully saturated rings. The number of amides is 1. The monoisotopic (exact) mass is 322 g/mol. The number of thiazole rings is 1. The highest BCUT2D eigenvalue weighted by Gasteiger charge is 2.27. The topological polar surface area (TPSA) is 59.1 Å². The van der Waals surface area contributed by atoms with Gasteiger partial charge in [-0.2, -0.15) is 0 Å². The van der Waals surface area contributed by atoms with E-state index < -0.39 is 5.41 Å². The molecule has 112 valence electrons. The molecule has 0 unspecified atom stereocenters. The lowest BCUT2D eigenvalue weighted by molar-refractivity contribution is 0.0859. The van der Waals surface area contributed by atoms with Crippen molar-refractivity contribution in [2.75, 3.05) is 5.32 Å². The van der Waals surface area contributed by atoms with Crippen LogP contribution < -0.4 is 5.32 Å². The number of ketones is 1. The molecule has 1 N–H and O–H groups in total. The molecule has 0 atom stereocenters. The number of Topliss-reactive ketones (excluding diaryl/α,β-unsaturated/α-hetero) is 1. The largest absolute Gasteiger partial charge is 0.312 e. The lowest BCUT2D eigenvalue weighted by Gasteiger charge is -2.16. The Morgan fingerprint density at radius 3 is 2.43 bits per heavy atom. The molecule has 2 aromatic heterocycles. The minimum absolute atomic E-state index is 0.0187. The van der Waals surface area contributed by atoms with Crippen LogP contribution in [0.15, 0.2) is 11.4 Å². The highest BCUT2D eigenvalue weighted by atomic mass is 32.1. The van der Waals surface area contributed by atoms with E-state index in [-0.39, 0.29) is 11.7 Å². The smallest absolute Gasteiger partial charge is 0.276 e. The van der Waals surface area contributed by atoms with Crippen molar-refractivity contribution >= 4 is 39.4 Å². The molecule has 0 saturated carbocycles. The second kappa shape index (κ2) is 5.69. The van der Waals surface area contributed by atoms with Crippen LogP contribution in [0.4, 0.5) is 5.00 Å². The van der Waals surface area contributed by atoms with Crippen molar-refractivity contribution in [1.82, 2.24) is 4.98 Å². The van der Waals surface area contributed by atoms with Gasteiger partial charge in [0.05, 0.1) is 10.6 Å². The number of aromatic nitrogens is 1. The molecule has 2 heterocycles. The zero-order valence-corrected chi connectivity index (χ0v) is 14.4. The maximum atomic E-state index is 12.4. The van der Waals surface area contributed by atoms with Crippen molar-refractivity contribution in [3.63, 3.8) is 0 Å². The molecule has 0 aliphatic heterocycles. The molecule has 2 rings (SSSR count). The molecule has 0 spiro atoms. The van der Waals surface area contributed by atoms with Crippen molar-refractivity contribution in [3.8, 4) is 0 Å². The van der Waals surface area contributed by atoms with Crippen molar-refractivity contribution in [2.45, 2.75) is 34.6 Å². The molecular formula is C15H18N2O2S2. The highest BCUT2D eigenvalue weighted by Crippen LogP contribution is 2.30. The summed E-state index contributed by atoms with van der Waals surface area (Å²) in [5, 5.41) is 6.07. The zero-order valence-electron chi connectivity index (χ0n) is 12.7. The van der Waals surface area contributed by atoms with E-state index in [1.165, 1.54) is 22.7 Å². The van der Waals surface area contributed by atoms with E-state index in [9.17, 15) is 9.59 Å². The molecule has 21 heavy (non-hydrogen) atoms. The van der Waals surface area contributed by atoms with Gasteiger partial charge in [-0.3, -0.25) is 9.59 Å². The van der Waals surface area contributed by atoms with Crippen molar-refractivity contribution in [3.05, 3.63) is 32.6 Å². The summed E-state index contributed by atoms with van der Waals surface area (Å²) in [6, 6.07) is 1.76. The number of rotatable bonds is 3. The second-order valence-electron chi connectivity index (χ2n) is 5.83. The SMILES string of the molecule is Cc1nc(C(=O)Nc2sccc2C(=O)C(C)(C)C)c(C)s1. The molecule has 0 aromatic carbocycles. The van der Waals surface area contributed by atoms with Gasteiger partial charge in [0, 0.05) is 10.3 Å². The lowest BCUT2D eigenvalue weighted by Crippen LogP contribution is -2.22. The average Bonchev–Trinajstić information content (AvgIpc) is 2.93. The molecule has 0 aliphatic rings. The quantitative estimate of drug-likeness (QED) is 0.857. The fraction of sp³-hybridized carbons (Fsp3) is 0.400. The summed E-state index contributed by atoms with van der Waals surface area (Å²) < 4.78 is 0. The summed E-state index contributed by atoms with van der Waals surface area (Å²) in [4.78, 5) is 29.8. The number of hydrogen-bond donors (Lipinski definition) is 1. The van der Waals surface area contributed by atoms with Gasteiger partial charge >= 0.3 is 0 Å². The number of aryl methyl sites for hydroxylation is 2. The van der Waals surface area contributed by atoms with Gasteiger partial charge in [-0.05, 0) is 25.3 Å². The summed E-state index contributed by atoms with van der Waals surface area (Å²) in [7, 11) is 0. The summed E-state index contributed by atoms with van der Waals surface area (Å²) in [5.41, 5.74) is 0.513. The van der Waals surface area contributed by atoms with Crippen LogP contribution in [-0.2, 0) is 0 Å². The van der Waals surface area contributed by atoms with Gasteiger partial charge < -0.3 is 5.32 Å². The first-order valence-corrected chi connectivity index (χ1v) is 8.27. The zero-order chi connectivity index (χ0) is 15.8. The van der Waals surface area contributed by atoms with E-state index in [0.717, 1.165) is 9.88 Å². The molecule has 6 heteroatoms. The number of hydrogen-bond acceptors (Lipinski definition) is 5. The minimum atomic E-state index is -0.478. The summed E-state index contributed by atoms with van der Waals surface area (Å²) in [6.45, 7) is 9.34. The minimum Gasteiger partial charge on any atom is -0.312 e. The third kappa shape index (κ3) is 3.39. The molecule has 2 aromatic rings. The maximum absolute atomic E-state index is 12.4. The van der Waals surface area contributed by atoms with Crippen molar-refractivity contribution in [1.29, 1.82) is 0 Å². The van der Waals surface area contributed by atoms with Crippen molar-refractivity contribution < 1.29 is 9.59 Å². The van der Waals surface area contributed by atoms with Crippen LogP contribution in [0.2, 0.25) is 0 Å². The second-order valence-corrected chi connectivity index (χ2v) is 8.16. The first kappa shape index (κ1) is 15.9. The standard InChI is InChI=1S/C15H18N2O2S2/c1-8-11(16-9(2)21-8)13(19)17-14-10(6-7-20-14)12(18)15(3,4)5/h6-7H,1-5H3,(H,17,19). The fourth-order valence-electron chi connectivity index (χ4n) is 1.89. The van der Waals surface area contributed by atoms with Gasteiger partial charge in [0.15, 0.2) is 5.78 Å². The molecule has 0 radical (unpaired) electrons. The Labute approximate surface area is 132 Å². The van der Waals surface area contributed by atoms with Crippen LogP contribution in [0.1, 0.15) is 51.5 Å². The Balaban J connectivity index is 2.26. The van der Waals surface area contributed by atoms with Gasteiger partial charge in [-0.15, -0.1) is 22.7 Å². The van der Waals surface area contributed by atoms with E-state index in [1.54, 1.807) is 6.07 Å². The molecule has 0 aliphatic carbocycles. The van der Waals surface area contributed by atoms with E-state index in [4.69, 9.17) is 0 Å². The van der Waals surface area contributed by atoms with Crippen molar-refractivity contribution in [2.24, 2.45) is 5.41 Å². The number of nitrogens with one attached hydrogen (secondary N) is 1. The van der Waals surface area contributed by atoms with Crippen LogP contribution >= 0.6 is 22.7 Å². The number of anilines is 1. The lowest BCUT2D eigenvalue weighted by atomic mass is 9.87. The predicted octanol–water partition coefficient (Wildman–Crippen LogP) is 4.30. The molecule has 0 bridgehead atoms. The van der Waals surface area contributed by atoms with E-state index in [0.29, 0.717) is 16.3 Å². The van der Waals surface area contributed by atoms with Gasteiger partial charge in [-0.25, -0.2) is 4.98 Å². The van der Waals surface area contributed by atoms with Crippen LogP contribution in [0.5, 0.6) is 0 Å². The van der Waals surface area contributed by atoms with E-state index in [2.05, 4.69) is 10.3 Å². The van der Waals surface area contributed by atoms with Gasteiger partial charge in [0.2, 0.25) is 0 Å². The van der Waals surface area contributed by atoms with Crippen LogP contribution in [0.3, 0.4) is 0 Å². The van der Waals surface area contributed by atoms with Gasteiger partial charge in [-0.1, -0.05) is 20.8 Å². The Hall–Kier alpha value is -1.53. The Morgan fingerprint density at radius 2 is 1.90 bits per heavy atom. The van der Waals surface area contributed by atoms with Gasteiger partial charge in [0.25, 0.3) is 5.91 Å². The third-order valence-electron chi connectivity index (χ3n) is 2.94. The first-order chi connectivity index (χ1) is 9.70. The summed E-state index contributed by atoms with van der Waals surface area (Å²) in [5.74, 6) is -0.243. The van der Waals surface area contributed by atoms with Crippen LogP contribution in [0.25, 0.3) is 0 Å². The normalized spacial score (nSPS) is 11.5. The van der Waals surface area contributed by atoms with Gasteiger partial charge in [0.1, 0.15) is 10.7 Å². The highest BCUT2D eigenvalue weighted by molar-refractivity contribution is 7.15. The fourth-order valence-corrected chi connectivity index (χ4v) is 3.49. The number of thiophene rings is 1. The average molecular weight is 322 g/mol. The molecule has 0 saturated heterocycles. The molecule has 4 nitrogen and oxygen atoms in total. The third-order valence-corrected chi connectivity index (χ3v) is 4.65.